The zero-order chi connectivity index (χ0) is 12.0. The van der Waals surface area contributed by atoms with Crippen LogP contribution in [0.15, 0.2) is 0 Å². The van der Waals surface area contributed by atoms with E-state index in [-0.39, 0.29) is 19.1 Å². The molecule has 1 saturated carbocycles. The lowest BCUT2D eigenvalue weighted by Crippen LogP contribution is -2.33. The number of aliphatic hydroxyl groups excluding tert-OH is 1. The maximum atomic E-state index is 10.4. The third-order valence-corrected chi connectivity index (χ3v) is 3.57. The molecule has 1 fully saturated rings. The molecular weight excluding hydrogens is 206 g/mol. The van der Waals surface area contributed by atoms with Crippen LogP contribution in [0.2, 0.25) is 0 Å². The molecule has 0 heterocycles. The minimum absolute atomic E-state index is 0.224. The van der Waals surface area contributed by atoms with Crippen molar-refractivity contribution in [2.24, 2.45) is 11.8 Å². The molecule has 1 aliphatic rings. The van der Waals surface area contributed by atoms with Crippen LogP contribution in [0.4, 0.5) is 0 Å². The molecular formula is C12H23NO3. The minimum Gasteiger partial charge on any atom is -0.481 e. The second kappa shape index (κ2) is 6.86. The highest BCUT2D eigenvalue weighted by Crippen LogP contribution is 2.30. The maximum Gasteiger partial charge on any atom is 0.303 e. The number of hydrogen-bond donors (Lipinski definition) is 3. The fourth-order valence-electron chi connectivity index (χ4n) is 2.42. The van der Waals surface area contributed by atoms with E-state index < -0.39 is 5.97 Å². The van der Waals surface area contributed by atoms with Gasteiger partial charge in [-0.3, -0.25) is 4.79 Å². The lowest BCUT2D eigenvalue weighted by molar-refractivity contribution is -0.137. The van der Waals surface area contributed by atoms with Gasteiger partial charge in [-0.05, 0) is 44.6 Å². The van der Waals surface area contributed by atoms with Gasteiger partial charge in [0.25, 0.3) is 0 Å². The van der Waals surface area contributed by atoms with Crippen LogP contribution in [0.1, 0.15) is 39.0 Å². The molecule has 0 aromatic heterocycles. The fraction of sp³-hybridized carbons (Fsp3) is 0.917. The smallest absolute Gasteiger partial charge is 0.303 e. The highest BCUT2D eigenvalue weighted by Gasteiger charge is 2.26. The van der Waals surface area contributed by atoms with Crippen molar-refractivity contribution in [1.82, 2.24) is 5.32 Å². The van der Waals surface area contributed by atoms with Crippen molar-refractivity contribution in [1.29, 1.82) is 0 Å². The predicted octanol–water partition coefficient (Wildman–Crippen LogP) is 1.24. The topological polar surface area (TPSA) is 69.6 Å². The molecule has 1 rings (SSSR count). The number of carboxylic acid groups (broad SMARTS) is 1. The van der Waals surface area contributed by atoms with Crippen LogP contribution >= 0.6 is 0 Å². The molecule has 3 N–H and O–H groups in total. The van der Waals surface area contributed by atoms with Crippen molar-refractivity contribution in [2.45, 2.75) is 45.1 Å². The number of nitrogens with one attached hydrogen (secondary N) is 1. The molecule has 0 amide bonds. The highest BCUT2D eigenvalue weighted by molar-refractivity contribution is 5.66. The maximum absolute atomic E-state index is 10.4. The van der Waals surface area contributed by atoms with E-state index in [2.05, 4.69) is 5.32 Å². The van der Waals surface area contributed by atoms with E-state index in [1.54, 1.807) is 0 Å². The van der Waals surface area contributed by atoms with Gasteiger partial charge in [0.1, 0.15) is 0 Å². The average Bonchev–Trinajstić information content (AvgIpc) is 2.70. The summed E-state index contributed by atoms with van der Waals surface area (Å²) in [6.07, 6.45) is 4.42. The molecule has 94 valence electrons. The first-order chi connectivity index (χ1) is 7.63. The zero-order valence-corrected chi connectivity index (χ0v) is 9.98. The van der Waals surface area contributed by atoms with Gasteiger partial charge in [0.05, 0.1) is 0 Å². The van der Waals surface area contributed by atoms with E-state index in [4.69, 9.17) is 5.11 Å². The molecule has 0 radical (unpaired) electrons. The van der Waals surface area contributed by atoms with Gasteiger partial charge in [-0.25, -0.2) is 0 Å². The third kappa shape index (κ3) is 4.49. The minimum atomic E-state index is -0.734. The third-order valence-electron chi connectivity index (χ3n) is 3.57. The van der Waals surface area contributed by atoms with Crippen LogP contribution in [0.25, 0.3) is 0 Å². The first kappa shape index (κ1) is 13.5. The highest BCUT2D eigenvalue weighted by atomic mass is 16.4. The lowest BCUT2D eigenvalue weighted by atomic mass is 9.96. The van der Waals surface area contributed by atoms with Gasteiger partial charge >= 0.3 is 5.97 Å². The standard InChI is InChI=1S/C12H23NO3/c1-9(5-6-12(15)16)13-7-10-3-2-4-11(10)8-14/h9-11,13-14H,2-8H2,1H3,(H,15,16). The second-order valence-corrected chi connectivity index (χ2v) is 4.88. The summed E-state index contributed by atoms with van der Waals surface area (Å²) >= 11 is 0. The number of carbonyl (C=O) groups is 1. The first-order valence-corrected chi connectivity index (χ1v) is 6.19. The van der Waals surface area contributed by atoms with E-state index >= 15 is 0 Å². The second-order valence-electron chi connectivity index (χ2n) is 4.88. The number of carboxylic acids is 1. The van der Waals surface area contributed by atoms with Crippen LogP contribution in [0.3, 0.4) is 0 Å². The van der Waals surface area contributed by atoms with E-state index in [1.807, 2.05) is 6.92 Å². The quantitative estimate of drug-likeness (QED) is 0.614. The summed E-state index contributed by atoms with van der Waals surface area (Å²) < 4.78 is 0. The Hall–Kier alpha value is -0.610. The average molecular weight is 229 g/mol. The summed E-state index contributed by atoms with van der Waals surface area (Å²) in [5.41, 5.74) is 0. The Morgan fingerprint density at radius 1 is 1.44 bits per heavy atom. The Morgan fingerprint density at radius 2 is 2.12 bits per heavy atom. The summed E-state index contributed by atoms with van der Waals surface area (Å²) in [7, 11) is 0. The van der Waals surface area contributed by atoms with Crippen LogP contribution in [-0.4, -0.2) is 35.4 Å². The normalized spacial score (nSPS) is 26.9. The van der Waals surface area contributed by atoms with Crippen molar-refractivity contribution >= 4 is 5.97 Å². The number of hydrogen-bond acceptors (Lipinski definition) is 3. The molecule has 0 aromatic rings. The van der Waals surface area contributed by atoms with Gasteiger partial charge in [0.15, 0.2) is 0 Å². The molecule has 0 aliphatic heterocycles. The van der Waals surface area contributed by atoms with Crippen molar-refractivity contribution in [3.05, 3.63) is 0 Å². The molecule has 3 unspecified atom stereocenters. The van der Waals surface area contributed by atoms with Gasteiger partial charge in [-0.15, -0.1) is 0 Å². The number of aliphatic carboxylic acids is 1. The van der Waals surface area contributed by atoms with Crippen molar-refractivity contribution in [2.75, 3.05) is 13.2 Å². The van der Waals surface area contributed by atoms with Crippen LogP contribution < -0.4 is 5.32 Å². The SMILES string of the molecule is CC(CCC(=O)O)NCC1CCCC1CO. The monoisotopic (exact) mass is 229 g/mol. The Bertz CT molecular complexity index is 220. The summed E-state index contributed by atoms with van der Waals surface area (Å²) in [4.78, 5) is 10.4. The molecule has 3 atom stereocenters. The Morgan fingerprint density at radius 3 is 2.75 bits per heavy atom. The molecule has 16 heavy (non-hydrogen) atoms. The van der Waals surface area contributed by atoms with Crippen molar-refractivity contribution in [3.63, 3.8) is 0 Å². The van der Waals surface area contributed by atoms with Crippen molar-refractivity contribution < 1.29 is 15.0 Å². The van der Waals surface area contributed by atoms with E-state index in [1.165, 1.54) is 12.8 Å². The van der Waals surface area contributed by atoms with Gasteiger partial charge in [0, 0.05) is 19.1 Å². The zero-order valence-electron chi connectivity index (χ0n) is 9.98. The largest absolute Gasteiger partial charge is 0.481 e. The molecule has 0 spiro atoms. The van der Waals surface area contributed by atoms with E-state index in [0.717, 1.165) is 13.0 Å². The summed E-state index contributed by atoms with van der Waals surface area (Å²) in [6, 6.07) is 0.246. The lowest BCUT2D eigenvalue weighted by Gasteiger charge is -2.20. The van der Waals surface area contributed by atoms with E-state index in [0.29, 0.717) is 18.3 Å². The van der Waals surface area contributed by atoms with Gasteiger partial charge in [-0.1, -0.05) is 6.42 Å². The molecule has 1 aliphatic carbocycles. The van der Waals surface area contributed by atoms with Gasteiger partial charge in [-0.2, -0.15) is 0 Å². The van der Waals surface area contributed by atoms with Crippen LogP contribution in [0.5, 0.6) is 0 Å². The van der Waals surface area contributed by atoms with Gasteiger partial charge in [0.2, 0.25) is 0 Å². The summed E-state index contributed by atoms with van der Waals surface area (Å²) in [5.74, 6) is 0.277. The van der Waals surface area contributed by atoms with Crippen LogP contribution in [-0.2, 0) is 4.79 Å². The fourth-order valence-corrected chi connectivity index (χ4v) is 2.42. The van der Waals surface area contributed by atoms with Crippen molar-refractivity contribution in [3.8, 4) is 0 Å². The molecule has 0 saturated heterocycles. The Kier molecular flexibility index (Phi) is 5.77. The Balaban J connectivity index is 2.15. The molecule has 0 bridgehead atoms. The van der Waals surface area contributed by atoms with E-state index in [9.17, 15) is 9.90 Å². The molecule has 4 heteroatoms. The number of rotatable bonds is 7. The Labute approximate surface area is 97.0 Å². The number of aliphatic hydroxyl groups is 1. The van der Waals surface area contributed by atoms with Crippen LogP contribution in [0, 0.1) is 11.8 Å². The van der Waals surface area contributed by atoms with Gasteiger partial charge < -0.3 is 15.5 Å². The first-order valence-electron chi connectivity index (χ1n) is 6.19. The molecule has 4 nitrogen and oxygen atoms in total. The molecule has 0 aromatic carbocycles. The summed E-state index contributed by atoms with van der Waals surface area (Å²) in [5, 5.41) is 21.1. The summed E-state index contributed by atoms with van der Waals surface area (Å²) in [6.45, 7) is 3.22. The predicted molar refractivity (Wildman–Crippen MR) is 62.3 cm³/mol.